The number of fused-ring (bicyclic) bond motifs is 1. The van der Waals surface area contributed by atoms with E-state index >= 15 is 0 Å². The molecule has 0 aromatic heterocycles. The number of ether oxygens (including phenoxy) is 4. The van der Waals surface area contributed by atoms with Gasteiger partial charge in [-0.25, -0.2) is 0 Å². The van der Waals surface area contributed by atoms with Gasteiger partial charge in [-0.2, -0.15) is 0 Å². The number of hydrogen-bond acceptors (Lipinski definition) is 6. The molecule has 6 nitrogen and oxygen atoms in total. The van der Waals surface area contributed by atoms with Gasteiger partial charge < -0.3 is 23.4 Å². The molecule has 0 spiro atoms. The van der Waals surface area contributed by atoms with E-state index in [1.54, 1.807) is 0 Å². The molecule has 2 aliphatic heterocycles. The molecule has 0 amide bonds. The molecule has 2 saturated heterocycles. The maximum Gasteiger partial charge on any atom is 0.302 e. The Balaban J connectivity index is 1.66. The van der Waals surface area contributed by atoms with Crippen molar-refractivity contribution in [3.8, 4) is 0 Å². The van der Waals surface area contributed by atoms with Gasteiger partial charge in [-0.15, -0.1) is 0 Å². The van der Waals surface area contributed by atoms with E-state index in [4.69, 9.17) is 23.4 Å². The first-order chi connectivity index (χ1) is 16.0. The van der Waals surface area contributed by atoms with E-state index in [2.05, 4.69) is 69.3 Å². The summed E-state index contributed by atoms with van der Waals surface area (Å²) in [4.78, 5) is 11.6. The van der Waals surface area contributed by atoms with E-state index < -0.39 is 20.4 Å². The molecule has 2 aliphatic rings. The minimum atomic E-state index is -2.73. The highest BCUT2D eigenvalue weighted by molar-refractivity contribution is 6.99. The summed E-state index contributed by atoms with van der Waals surface area (Å²) in [6, 6.07) is 21.0. The van der Waals surface area contributed by atoms with Crippen LogP contribution in [-0.2, 0) is 28.2 Å². The van der Waals surface area contributed by atoms with Crippen LogP contribution in [0.2, 0.25) is 5.04 Å². The van der Waals surface area contributed by atoms with Gasteiger partial charge in [-0.1, -0.05) is 81.4 Å². The zero-order chi connectivity index (χ0) is 24.6. The third-order valence-corrected chi connectivity index (χ3v) is 11.7. The molecule has 2 heterocycles. The molecule has 184 valence electrons. The van der Waals surface area contributed by atoms with Crippen LogP contribution < -0.4 is 10.4 Å². The van der Waals surface area contributed by atoms with E-state index in [0.29, 0.717) is 6.61 Å². The molecule has 2 aromatic rings. The van der Waals surface area contributed by atoms with Crippen LogP contribution in [0.5, 0.6) is 0 Å². The van der Waals surface area contributed by atoms with E-state index in [9.17, 15) is 4.79 Å². The van der Waals surface area contributed by atoms with Crippen LogP contribution >= 0.6 is 0 Å². The zero-order valence-electron chi connectivity index (χ0n) is 20.9. The van der Waals surface area contributed by atoms with Crippen molar-refractivity contribution >= 4 is 24.7 Å². The van der Waals surface area contributed by atoms with Gasteiger partial charge in [0.05, 0.1) is 25.2 Å². The molecule has 0 saturated carbocycles. The van der Waals surface area contributed by atoms with Gasteiger partial charge in [-0.3, -0.25) is 4.79 Å². The van der Waals surface area contributed by atoms with Crippen molar-refractivity contribution in [1.29, 1.82) is 0 Å². The molecule has 0 aliphatic carbocycles. The lowest BCUT2D eigenvalue weighted by Crippen LogP contribution is -2.67. The summed E-state index contributed by atoms with van der Waals surface area (Å²) in [5.41, 5.74) is 0. The van der Waals surface area contributed by atoms with Crippen molar-refractivity contribution < 1.29 is 28.2 Å². The van der Waals surface area contributed by atoms with Crippen molar-refractivity contribution in [3.05, 3.63) is 60.7 Å². The van der Waals surface area contributed by atoms with Gasteiger partial charge in [0, 0.05) is 6.92 Å². The third kappa shape index (κ3) is 4.85. The molecular formula is C27H36O6Si. The fourth-order valence-corrected chi connectivity index (χ4v) is 9.75. The molecule has 0 bridgehead atoms. The fourth-order valence-electron chi connectivity index (χ4n) is 5.18. The quantitative estimate of drug-likeness (QED) is 0.442. The first-order valence-electron chi connectivity index (χ1n) is 11.9. The lowest BCUT2D eigenvalue weighted by Gasteiger charge is -2.43. The van der Waals surface area contributed by atoms with Gasteiger partial charge in [0.1, 0.15) is 6.10 Å². The van der Waals surface area contributed by atoms with Crippen molar-refractivity contribution in [1.82, 2.24) is 0 Å². The van der Waals surface area contributed by atoms with Gasteiger partial charge in [0.15, 0.2) is 12.1 Å². The Morgan fingerprint density at radius 3 is 2.00 bits per heavy atom. The third-order valence-electron chi connectivity index (χ3n) is 6.66. The predicted octanol–water partition coefficient (Wildman–Crippen LogP) is 3.62. The van der Waals surface area contributed by atoms with Crippen LogP contribution in [0.3, 0.4) is 0 Å². The van der Waals surface area contributed by atoms with E-state index in [1.165, 1.54) is 17.3 Å². The maximum absolute atomic E-state index is 11.6. The summed E-state index contributed by atoms with van der Waals surface area (Å²) >= 11 is 0. The zero-order valence-corrected chi connectivity index (χ0v) is 21.9. The number of rotatable bonds is 7. The van der Waals surface area contributed by atoms with Crippen LogP contribution in [0.25, 0.3) is 0 Å². The molecule has 34 heavy (non-hydrogen) atoms. The van der Waals surface area contributed by atoms with Crippen molar-refractivity contribution in [3.63, 3.8) is 0 Å². The Morgan fingerprint density at radius 2 is 1.50 bits per heavy atom. The van der Waals surface area contributed by atoms with Crippen LogP contribution in [0.4, 0.5) is 0 Å². The van der Waals surface area contributed by atoms with Gasteiger partial charge in [-0.05, 0) is 29.3 Å². The van der Waals surface area contributed by atoms with Gasteiger partial charge >= 0.3 is 5.97 Å². The molecule has 7 heteroatoms. The summed E-state index contributed by atoms with van der Waals surface area (Å²) in [6.07, 6.45) is -1.16. The van der Waals surface area contributed by atoms with Crippen LogP contribution in [-0.4, -0.2) is 51.8 Å². The normalized spacial score (nSPS) is 26.3. The molecule has 4 rings (SSSR count). The topological polar surface area (TPSA) is 63.2 Å². The Hall–Kier alpha value is -2.03. The van der Waals surface area contributed by atoms with Crippen LogP contribution in [0, 0.1) is 5.92 Å². The number of hydrogen-bond donors (Lipinski definition) is 0. The standard InChI is InChI=1S/C27H36O6Si/c1-19(28)29-17-22-23(31-25-24(22)32-27(5,6)33-25)18-30-34(26(2,3)4,20-13-9-7-10-14-20)21-15-11-8-12-16-21/h7-16,22-25H,17-18H2,1-6H3/t22-,23-,24-,25-/m1/s1. The highest BCUT2D eigenvalue weighted by Gasteiger charge is 2.56. The number of esters is 1. The summed E-state index contributed by atoms with van der Waals surface area (Å²) < 4.78 is 30.9. The molecule has 2 aromatic carbocycles. The van der Waals surface area contributed by atoms with Crippen LogP contribution in [0.15, 0.2) is 60.7 Å². The van der Waals surface area contributed by atoms with E-state index in [-0.39, 0.29) is 35.7 Å². The van der Waals surface area contributed by atoms with Gasteiger partial charge in [0.2, 0.25) is 0 Å². The summed E-state index contributed by atoms with van der Waals surface area (Å²) in [5.74, 6) is -1.25. The monoisotopic (exact) mass is 484 g/mol. The van der Waals surface area contributed by atoms with Crippen LogP contribution in [0.1, 0.15) is 41.5 Å². The predicted molar refractivity (Wildman–Crippen MR) is 132 cm³/mol. The number of carbonyl (C=O) groups is 1. The molecule has 0 N–H and O–H groups in total. The minimum absolute atomic E-state index is 0.148. The molecule has 0 radical (unpaired) electrons. The first kappa shape index (κ1) is 25.1. The Kier molecular flexibility index (Phi) is 7.04. The largest absolute Gasteiger partial charge is 0.465 e. The van der Waals surface area contributed by atoms with Crippen molar-refractivity contribution in [2.75, 3.05) is 13.2 Å². The molecule has 0 unspecified atom stereocenters. The second-order valence-corrected chi connectivity index (χ2v) is 14.9. The maximum atomic E-state index is 11.6. The lowest BCUT2D eigenvalue weighted by atomic mass is 10.00. The fraction of sp³-hybridized carbons (Fsp3) is 0.519. The molecular weight excluding hydrogens is 448 g/mol. The lowest BCUT2D eigenvalue weighted by molar-refractivity contribution is -0.214. The Labute approximate surface area is 203 Å². The highest BCUT2D eigenvalue weighted by Crippen LogP contribution is 2.42. The summed E-state index contributed by atoms with van der Waals surface area (Å²) in [7, 11) is -2.73. The Morgan fingerprint density at radius 1 is 0.941 bits per heavy atom. The molecule has 2 fully saturated rings. The SMILES string of the molecule is CC(=O)OC[C@H]1[C@H]2OC(C)(C)O[C@H]2O[C@@H]1CO[Si](c1ccccc1)(c1ccccc1)C(C)(C)C. The summed E-state index contributed by atoms with van der Waals surface area (Å²) in [5, 5.41) is 2.26. The Bertz CT molecular complexity index is 932. The van der Waals surface area contributed by atoms with Crippen molar-refractivity contribution in [2.24, 2.45) is 5.92 Å². The average molecular weight is 485 g/mol. The van der Waals surface area contributed by atoms with Gasteiger partial charge in [0.25, 0.3) is 8.32 Å². The number of benzene rings is 2. The van der Waals surface area contributed by atoms with E-state index in [1.807, 2.05) is 26.0 Å². The summed E-state index contributed by atoms with van der Waals surface area (Å²) in [6.45, 7) is 12.4. The smallest absolute Gasteiger partial charge is 0.302 e. The highest BCUT2D eigenvalue weighted by atomic mass is 28.4. The minimum Gasteiger partial charge on any atom is -0.465 e. The second kappa shape index (κ2) is 9.55. The molecule has 4 atom stereocenters. The number of carbonyl (C=O) groups excluding carboxylic acids is 1. The average Bonchev–Trinajstić information content (AvgIpc) is 3.24. The van der Waals surface area contributed by atoms with Crippen molar-refractivity contribution in [2.45, 2.75) is 70.9 Å². The van der Waals surface area contributed by atoms with E-state index in [0.717, 1.165) is 0 Å². The first-order valence-corrected chi connectivity index (χ1v) is 13.8. The second-order valence-electron chi connectivity index (χ2n) is 10.6.